The summed E-state index contributed by atoms with van der Waals surface area (Å²) in [5, 5.41) is 6.84. The summed E-state index contributed by atoms with van der Waals surface area (Å²) < 4.78 is 18.9. The van der Waals surface area contributed by atoms with Crippen molar-refractivity contribution in [3.8, 4) is 11.3 Å². The van der Waals surface area contributed by atoms with E-state index in [-0.39, 0.29) is 23.8 Å². The average molecular weight is 319 g/mol. The average Bonchev–Trinajstić information content (AvgIpc) is 2.54. The highest BCUT2D eigenvalue weighted by molar-refractivity contribution is 5.75. The summed E-state index contributed by atoms with van der Waals surface area (Å²) in [7, 11) is 1.59. The minimum atomic E-state index is -0.372. The molecule has 122 valence electrons. The number of benzene rings is 1. The molecule has 0 saturated carbocycles. The van der Waals surface area contributed by atoms with Crippen molar-refractivity contribution in [2.24, 2.45) is 0 Å². The number of halogens is 1. The highest BCUT2D eigenvalue weighted by atomic mass is 19.1. The molecule has 1 N–H and O–H groups in total. The van der Waals surface area contributed by atoms with Gasteiger partial charge in [0.05, 0.1) is 5.69 Å². The lowest BCUT2D eigenvalue weighted by atomic mass is 10.1. The van der Waals surface area contributed by atoms with Crippen LogP contribution in [0.25, 0.3) is 11.3 Å². The van der Waals surface area contributed by atoms with Crippen LogP contribution in [-0.4, -0.2) is 35.9 Å². The van der Waals surface area contributed by atoms with Crippen LogP contribution < -0.4 is 10.9 Å². The molecule has 7 heteroatoms. The van der Waals surface area contributed by atoms with Gasteiger partial charge in [-0.15, -0.1) is 0 Å². The normalized spacial score (nSPS) is 10.5. The Hall–Kier alpha value is -2.54. The zero-order valence-corrected chi connectivity index (χ0v) is 12.8. The van der Waals surface area contributed by atoms with Gasteiger partial charge in [-0.05, 0) is 36.8 Å². The summed E-state index contributed by atoms with van der Waals surface area (Å²) in [6, 6.07) is 8.64. The Labute approximate surface area is 132 Å². The van der Waals surface area contributed by atoms with Gasteiger partial charge in [0, 0.05) is 31.9 Å². The van der Waals surface area contributed by atoms with Gasteiger partial charge in [-0.25, -0.2) is 9.07 Å². The molecule has 0 aliphatic carbocycles. The fraction of sp³-hybridized carbons (Fsp3) is 0.312. The lowest BCUT2D eigenvalue weighted by Gasteiger charge is -2.08. The molecule has 0 spiro atoms. The van der Waals surface area contributed by atoms with Crippen molar-refractivity contribution >= 4 is 5.91 Å². The van der Waals surface area contributed by atoms with Crippen molar-refractivity contribution in [3.63, 3.8) is 0 Å². The van der Waals surface area contributed by atoms with Gasteiger partial charge in [-0.1, -0.05) is 0 Å². The first-order valence-corrected chi connectivity index (χ1v) is 7.20. The van der Waals surface area contributed by atoms with E-state index in [0.717, 1.165) is 4.68 Å². The van der Waals surface area contributed by atoms with Crippen LogP contribution in [0.4, 0.5) is 4.39 Å². The molecule has 0 aliphatic heterocycles. The predicted molar refractivity (Wildman–Crippen MR) is 83.4 cm³/mol. The Kier molecular flexibility index (Phi) is 5.99. The monoisotopic (exact) mass is 319 g/mol. The Bertz CT molecular complexity index is 713. The third-order valence-corrected chi connectivity index (χ3v) is 3.15. The van der Waals surface area contributed by atoms with Crippen molar-refractivity contribution in [1.82, 2.24) is 15.1 Å². The molecule has 1 amide bonds. The van der Waals surface area contributed by atoms with Crippen LogP contribution in [0.2, 0.25) is 0 Å². The van der Waals surface area contributed by atoms with Crippen molar-refractivity contribution in [2.75, 3.05) is 20.3 Å². The van der Waals surface area contributed by atoms with Crippen LogP contribution >= 0.6 is 0 Å². The summed E-state index contributed by atoms with van der Waals surface area (Å²) in [6.07, 6.45) is 0.695. The minimum Gasteiger partial charge on any atom is -0.385 e. The maximum absolute atomic E-state index is 13.0. The molecule has 0 saturated heterocycles. The molecule has 2 aromatic rings. The number of nitrogens with zero attached hydrogens (tertiary/aromatic N) is 2. The molecule has 2 rings (SSSR count). The Balaban J connectivity index is 2.07. The van der Waals surface area contributed by atoms with Crippen LogP contribution in [0.1, 0.15) is 6.42 Å². The van der Waals surface area contributed by atoms with Gasteiger partial charge >= 0.3 is 0 Å². The molecule has 1 aromatic heterocycles. The van der Waals surface area contributed by atoms with Crippen LogP contribution in [0.5, 0.6) is 0 Å². The number of methoxy groups -OCH3 is 1. The van der Waals surface area contributed by atoms with E-state index in [4.69, 9.17) is 4.74 Å². The topological polar surface area (TPSA) is 73.2 Å². The predicted octanol–water partition coefficient (Wildman–Crippen LogP) is 1.20. The minimum absolute atomic E-state index is 0.166. The number of amides is 1. The molecule has 0 aliphatic rings. The first-order chi connectivity index (χ1) is 11.1. The van der Waals surface area contributed by atoms with Gasteiger partial charge in [-0.2, -0.15) is 5.10 Å². The molecular formula is C16H18FN3O3. The lowest BCUT2D eigenvalue weighted by molar-refractivity contribution is -0.121. The van der Waals surface area contributed by atoms with Crippen LogP contribution in [0.15, 0.2) is 41.2 Å². The Morgan fingerprint density at radius 1 is 1.26 bits per heavy atom. The molecule has 0 unspecified atom stereocenters. The molecule has 0 fully saturated rings. The first kappa shape index (κ1) is 16.8. The molecule has 1 heterocycles. The fourth-order valence-electron chi connectivity index (χ4n) is 1.97. The summed E-state index contributed by atoms with van der Waals surface area (Å²) in [4.78, 5) is 23.6. The van der Waals surface area contributed by atoms with Gasteiger partial charge in [0.25, 0.3) is 5.56 Å². The van der Waals surface area contributed by atoms with Crippen molar-refractivity contribution in [2.45, 2.75) is 13.0 Å². The van der Waals surface area contributed by atoms with Gasteiger partial charge in [-0.3, -0.25) is 9.59 Å². The zero-order valence-electron chi connectivity index (χ0n) is 12.8. The SMILES string of the molecule is COCCCNC(=O)Cn1nc(-c2ccc(F)cc2)ccc1=O. The maximum Gasteiger partial charge on any atom is 0.267 e. The number of hydrogen-bond acceptors (Lipinski definition) is 4. The Morgan fingerprint density at radius 3 is 2.70 bits per heavy atom. The highest BCUT2D eigenvalue weighted by Gasteiger charge is 2.08. The van der Waals surface area contributed by atoms with E-state index >= 15 is 0 Å². The zero-order chi connectivity index (χ0) is 16.7. The van der Waals surface area contributed by atoms with Crippen LogP contribution in [0, 0.1) is 5.82 Å². The number of carbonyl (C=O) groups is 1. The second-order valence-electron chi connectivity index (χ2n) is 4.92. The van der Waals surface area contributed by atoms with Gasteiger partial charge in [0.15, 0.2) is 0 Å². The molecule has 23 heavy (non-hydrogen) atoms. The molecule has 6 nitrogen and oxygen atoms in total. The summed E-state index contributed by atoms with van der Waals surface area (Å²) in [5.41, 5.74) is 0.792. The third-order valence-electron chi connectivity index (χ3n) is 3.15. The fourth-order valence-corrected chi connectivity index (χ4v) is 1.97. The largest absolute Gasteiger partial charge is 0.385 e. The van der Waals surface area contributed by atoms with E-state index in [1.165, 1.54) is 18.2 Å². The molecule has 0 atom stereocenters. The van der Waals surface area contributed by atoms with E-state index in [1.54, 1.807) is 25.3 Å². The van der Waals surface area contributed by atoms with Crippen LogP contribution in [-0.2, 0) is 16.1 Å². The lowest BCUT2D eigenvalue weighted by Crippen LogP contribution is -2.34. The standard InChI is InChI=1S/C16H18FN3O3/c1-23-10-2-9-18-15(21)11-20-16(22)8-7-14(19-20)12-3-5-13(17)6-4-12/h3-8H,2,9-11H2,1H3,(H,18,21). The smallest absolute Gasteiger partial charge is 0.267 e. The molecule has 1 aromatic carbocycles. The summed E-state index contributed by atoms with van der Waals surface area (Å²) in [6.45, 7) is 0.860. The Morgan fingerprint density at radius 2 is 2.00 bits per heavy atom. The number of nitrogens with one attached hydrogen (secondary N) is 1. The highest BCUT2D eigenvalue weighted by Crippen LogP contribution is 2.15. The van der Waals surface area contributed by atoms with Crippen LogP contribution in [0.3, 0.4) is 0 Å². The van der Waals surface area contributed by atoms with Crippen molar-refractivity contribution in [3.05, 3.63) is 52.6 Å². The molecule has 0 radical (unpaired) electrons. The summed E-state index contributed by atoms with van der Waals surface area (Å²) in [5.74, 6) is -0.649. The van der Waals surface area contributed by atoms with Gasteiger partial charge < -0.3 is 10.1 Å². The first-order valence-electron chi connectivity index (χ1n) is 7.20. The van der Waals surface area contributed by atoms with E-state index in [9.17, 15) is 14.0 Å². The number of aromatic nitrogens is 2. The van der Waals surface area contributed by atoms with Gasteiger partial charge in [0.1, 0.15) is 12.4 Å². The number of ether oxygens (including phenoxy) is 1. The third kappa shape index (κ3) is 5.00. The van der Waals surface area contributed by atoms with E-state index in [0.29, 0.717) is 30.8 Å². The number of hydrogen-bond donors (Lipinski definition) is 1. The van der Waals surface area contributed by atoms with E-state index in [1.807, 2.05) is 0 Å². The number of carbonyl (C=O) groups excluding carboxylic acids is 1. The number of rotatable bonds is 7. The van der Waals surface area contributed by atoms with Crippen molar-refractivity contribution in [1.29, 1.82) is 0 Å². The second kappa shape index (κ2) is 8.19. The maximum atomic E-state index is 13.0. The molecule has 0 bridgehead atoms. The van der Waals surface area contributed by atoms with E-state index < -0.39 is 0 Å². The van der Waals surface area contributed by atoms with Gasteiger partial charge in [0.2, 0.25) is 5.91 Å². The summed E-state index contributed by atoms with van der Waals surface area (Å²) >= 11 is 0. The quantitative estimate of drug-likeness (QED) is 0.778. The van der Waals surface area contributed by atoms with E-state index in [2.05, 4.69) is 10.4 Å². The second-order valence-corrected chi connectivity index (χ2v) is 4.92. The van der Waals surface area contributed by atoms with Crippen molar-refractivity contribution < 1.29 is 13.9 Å². The molecular weight excluding hydrogens is 301 g/mol.